The predicted molar refractivity (Wildman–Crippen MR) is 145 cm³/mol. The van der Waals surface area contributed by atoms with Gasteiger partial charge in [0.25, 0.3) is 5.56 Å². The lowest BCUT2D eigenvalue weighted by Gasteiger charge is -2.24. The van der Waals surface area contributed by atoms with Crippen molar-refractivity contribution in [2.45, 2.75) is 26.4 Å². The van der Waals surface area contributed by atoms with Gasteiger partial charge in [0.15, 0.2) is 16.3 Å². The molecule has 6 rings (SSSR count). The highest BCUT2D eigenvalue weighted by Gasteiger charge is 2.34. The lowest BCUT2D eigenvalue weighted by molar-refractivity contribution is -0.139. The number of ether oxygens (including phenoxy) is 3. The van der Waals surface area contributed by atoms with Crippen LogP contribution in [0, 0.1) is 0 Å². The van der Waals surface area contributed by atoms with Gasteiger partial charge in [0.2, 0.25) is 6.79 Å². The van der Waals surface area contributed by atoms with E-state index in [2.05, 4.69) is 16.1 Å². The normalized spacial score (nSPS) is 16.5. The summed E-state index contributed by atoms with van der Waals surface area (Å²) in [5, 5.41) is 1.04. The molecule has 0 bridgehead atoms. The van der Waals surface area contributed by atoms with Crippen molar-refractivity contribution in [1.82, 2.24) is 9.13 Å². The fourth-order valence-corrected chi connectivity index (χ4v) is 6.05. The molecule has 2 aromatic carbocycles. The van der Waals surface area contributed by atoms with E-state index in [1.54, 1.807) is 24.5 Å². The molecular weight excluding hydrogens is 502 g/mol. The number of benzene rings is 2. The Morgan fingerprint density at radius 3 is 2.87 bits per heavy atom. The fraction of sp³-hybridized carbons (Fsp3) is 0.207. The zero-order valence-corrected chi connectivity index (χ0v) is 21.8. The summed E-state index contributed by atoms with van der Waals surface area (Å²) in [7, 11) is 0. The number of allylic oxidation sites excluding steroid dienone is 2. The maximum atomic E-state index is 14.0. The second kappa shape index (κ2) is 9.50. The molecule has 4 aromatic rings. The summed E-state index contributed by atoms with van der Waals surface area (Å²) in [6.07, 6.45) is 5.76. The van der Waals surface area contributed by atoms with Crippen LogP contribution in [-0.2, 0) is 16.1 Å². The van der Waals surface area contributed by atoms with E-state index in [1.165, 1.54) is 11.3 Å². The molecule has 2 aromatic heterocycles. The highest BCUT2D eigenvalue weighted by molar-refractivity contribution is 7.07. The molecule has 9 heteroatoms. The number of hydrogen-bond acceptors (Lipinski definition) is 7. The van der Waals surface area contributed by atoms with Gasteiger partial charge in [-0.1, -0.05) is 41.7 Å². The number of para-hydroxylation sites is 1. The van der Waals surface area contributed by atoms with Crippen LogP contribution in [0.15, 0.2) is 82.4 Å². The summed E-state index contributed by atoms with van der Waals surface area (Å²) in [5.41, 5.74) is 3.31. The standard InChI is InChI=1S/C29H25N3O5S/c1-4-12-31-15-19(20-8-6-7-9-21(20)31)14-24-27(33)32-26(18-10-11-22-23(13-18)37-16-36-22)25(28(34)35-5-2)17(3)30-29(32)38-24/h4,6-11,13-15,26H,1,5,12,16H2,2-3H3. The van der Waals surface area contributed by atoms with Gasteiger partial charge in [0.1, 0.15) is 0 Å². The van der Waals surface area contributed by atoms with Gasteiger partial charge in [-0.05, 0) is 43.7 Å². The van der Waals surface area contributed by atoms with Crippen molar-refractivity contribution in [3.63, 3.8) is 0 Å². The van der Waals surface area contributed by atoms with E-state index >= 15 is 0 Å². The zero-order chi connectivity index (χ0) is 26.4. The monoisotopic (exact) mass is 527 g/mol. The maximum Gasteiger partial charge on any atom is 0.338 e. The van der Waals surface area contributed by atoms with Gasteiger partial charge in [-0.15, -0.1) is 6.58 Å². The number of thiazole rings is 1. The second-order valence-electron chi connectivity index (χ2n) is 8.96. The minimum Gasteiger partial charge on any atom is -0.463 e. The van der Waals surface area contributed by atoms with Gasteiger partial charge in [0, 0.05) is 29.2 Å². The number of carbonyl (C=O) groups excluding carboxylic acids is 1. The molecule has 1 atom stereocenters. The molecule has 38 heavy (non-hydrogen) atoms. The number of aromatic nitrogens is 2. The SMILES string of the molecule is C=CCn1cc(C=c2sc3n(c2=O)C(c2ccc4c(c2)OCO4)C(C(=O)OCC)=C(C)N=3)c2ccccc21. The van der Waals surface area contributed by atoms with Crippen LogP contribution in [0.1, 0.15) is 31.0 Å². The zero-order valence-electron chi connectivity index (χ0n) is 21.0. The van der Waals surface area contributed by atoms with E-state index in [0.29, 0.717) is 44.2 Å². The molecule has 192 valence electrons. The summed E-state index contributed by atoms with van der Waals surface area (Å²) in [6, 6.07) is 12.8. The highest BCUT2D eigenvalue weighted by Crippen LogP contribution is 2.38. The van der Waals surface area contributed by atoms with Crippen molar-refractivity contribution < 1.29 is 19.0 Å². The maximum absolute atomic E-state index is 14.0. The molecule has 0 aliphatic carbocycles. The van der Waals surface area contributed by atoms with E-state index < -0.39 is 12.0 Å². The fourth-order valence-electron chi connectivity index (χ4n) is 5.01. The van der Waals surface area contributed by atoms with Crippen LogP contribution in [0.4, 0.5) is 0 Å². The van der Waals surface area contributed by atoms with Crippen LogP contribution >= 0.6 is 11.3 Å². The van der Waals surface area contributed by atoms with Crippen LogP contribution < -0.4 is 24.4 Å². The molecule has 2 aliphatic heterocycles. The van der Waals surface area contributed by atoms with Gasteiger partial charge in [-0.25, -0.2) is 9.79 Å². The van der Waals surface area contributed by atoms with Crippen LogP contribution in [0.25, 0.3) is 17.0 Å². The molecular formula is C29H25N3O5S. The average molecular weight is 528 g/mol. The smallest absolute Gasteiger partial charge is 0.338 e. The Bertz CT molecular complexity index is 1820. The third-order valence-corrected chi connectivity index (χ3v) is 7.64. The quantitative estimate of drug-likeness (QED) is 0.282. The van der Waals surface area contributed by atoms with Gasteiger partial charge in [-0.3, -0.25) is 9.36 Å². The number of fused-ring (bicyclic) bond motifs is 3. The number of rotatable bonds is 6. The number of carbonyl (C=O) groups is 1. The Labute approximate surface area is 222 Å². The number of hydrogen-bond donors (Lipinski definition) is 0. The molecule has 4 heterocycles. The average Bonchev–Trinajstić information content (AvgIpc) is 3.60. The first kappa shape index (κ1) is 24.0. The molecule has 0 spiro atoms. The van der Waals surface area contributed by atoms with Crippen molar-refractivity contribution in [3.05, 3.63) is 103 Å². The van der Waals surface area contributed by atoms with E-state index in [1.807, 2.05) is 54.7 Å². The molecule has 8 nitrogen and oxygen atoms in total. The van der Waals surface area contributed by atoms with Crippen molar-refractivity contribution in [3.8, 4) is 11.5 Å². The molecule has 0 N–H and O–H groups in total. The third kappa shape index (κ3) is 3.86. The molecule has 2 aliphatic rings. The largest absolute Gasteiger partial charge is 0.463 e. The van der Waals surface area contributed by atoms with Crippen LogP contribution in [0.5, 0.6) is 11.5 Å². The summed E-state index contributed by atoms with van der Waals surface area (Å²) >= 11 is 1.30. The van der Waals surface area contributed by atoms with Gasteiger partial charge >= 0.3 is 5.97 Å². The van der Waals surface area contributed by atoms with Crippen LogP contribution in [-0.4, -0.2) is 28.5 Å². The van der Waals surface area contributed by atoms with Crippen LogP contribution in [0.3, 0.4) is 0 Å². The lowest BCUT2D eigenvalue weighted by atomic mass is 9.95. The summed E-state index contributed by atoms with van der Waals surface area (Å²) in [4.78, 5) is 32.3. The van der Waals surface area contributed by atoms with E-state index in [4.69, 9.17) is 14.2 Å². The third-order valence-electron chi connectivity index (χ3n) is 6.66. The van der Waals surface area contributed by atoms with Gasteiger partial charge in [0.05, 0.1) is 28.5 Å². The highest BCUT2D eigenvalue weighted by atomic mass is 32.1. The minimum absolute atomic E-state index is 0.126. The van der Waals surface area contributed by atoms with Crippen molar-refractivity contribution >= 4 is 34.3 Å². The molecule has 0 saturated carbocycles. The first-order valence-corrected chi connectivity index (χ1v) is 13.1. The first-order chi connectivity index (χ1) is 18.5. The van der Waals surface area contributed by atoms with Gasteiger partial charge < -0.3 is 18.8 Å². The summed E-state index contributed by atoms with van der Waals surface area (Å²) in [6.45, 7) is 8.37. The van der Waals surface area contributed by atoms with E-state index in [9.17, 15) is 9.59 Å². The molecule has 0 saturated heterocycles. The predicted octanol–water partition coefficient (Wildman–Crippen LogP) is 3.67. The topological polar surface area (TPSA) is 84.0 Å². The Kier molecular flexibility index (Phi) is 6.00. The Morgan fingerprint density at radius 1 is 1.24 bits per heavy atom. The van der Waals surface area contributed by atoms with E-state index in [-0.39, 0.29) is 19.0 Å². The van der Waals surface area contributed by atoms with Crippen LogP contribution in [0.2, 0.25) is 0 Å². The molecule has 1 unspecified atom stereocenters. The number of esters is 1. The summed E-state index contributed by atoms with van der Waals surface area (Å²) < 4.78 is 20.6. The van der Waals surface area contributed by atoms with E-state index in [0.717, 1.165) is 16.5 Å². The molecule has 0 fully saturated rings. The van der Waals surface area contributed by atoms with Crippen molar-refractivity contribution in [1.29, 1.82) is 0 Å². The Hall–Kier alpha value is -4.37. The van der Waals surface area contributed by atoms with Gasteiger partial charge in [-0.2, -0.15) is 0 Å². The number of nitrogens with zero attached hydrogens (tertiary/aromatic N) is 3. The summed E-state index contributed by atoms with van der Waals surface area (Å²) in [5.74, 6) is 0.686. The second-order valence-corrected chi connectivity index (χ2v) is 9.97. The first-order valence-electron chi connectivity index (χ1n) is 12.3. The van der Waals surface area contributed by atoms with Crippen molar-refractivity contribution in [2.75, 3.05) is 13.4 Å². The Morgan fingerprint density at radius 2 is 2.05 bits per heavy atom. The van der Waals surface area contributed by atoms with Crippen molar-refractivity contribution in [2.24, 2.45) is 4.99 Å². The Balaban J connectivity index is 1.56. The molecule has 0 amide bonds. The lowest BCUT2D eigenvalue weighted by Crippen LogP contribution is -2.39. The minimum atomic E-state index is -0.718. The molecule has 0 radical (unpaired) electrons.